The number of anilines is 2. The molecule has 0 aromatic heterocycles. The van der Waals surface area contributed by atoms with Gasteiger partial charge < -0.3 is 15.8 Å². The summed E-state index contributed by atoms with van der Waals surface area (Å²) in [5.41, 5.74) is 6.38. The smallest absolute Gasteiger partial charge is 0.292 e. The zero-order valence-corrected chi connectivity index (χ0v) is 9.10. The molecule has 0 amide bonds. The van der Waals surface area contributed by atoms with E-state index in [0.29, 0.717) is 19.8 Å². The van der Waals surface area contributed by atoms with E-state index in [1.54, 1.807) is 12.1 Å². The van der Waals surface area contributed by atoms with Crippen molar-refractivity contribution in [2.24, 2.45) is 0 Å². The monoisotopic (exact) mass is 225 g/mol. The molecule has 0 fully saturated rings. The highest BCUT2D eigenvalue weighted by atomic mass is 16.6. The molecule has 0 aliphatic carbocycles. The summed E-state index contributed by atoms with van der Waals surface area (Å²) in [6, 6.07) is 4.56. The van der Waals surface area contributed by atoms with Gasteiger partial charge in [0.25, 0.3) is 5.69 Å². The van der Waals surface area contributed by atoms with Crippen molar-refractivity contribution in [3.05, 3.63) is 28.3 Å². The SMILES string of the molecule is CCOCCNc1ccc([N+](=O)[O-])c(N)c1. The average Bonchev–Trinajstić information content (AvgIpc) is 2.24. The fourth-order valence-corrected chi connectivity index (χ4v) is 1.24. The Morgan fingerprint density at radius 3 is 2.88 bits per heavy atom. The molecule has 0 aliphatic heterocycles. The average molecular weight is 225 g/mol. The van der Waals surface area contributed by atoms with E-state index in [9.17, 15) is 10.1 Å². The van der Waals surface area contributed by atoms with Gasteiger partial charge in [-0.3, -0.25) is 10.1 Å². The van der Waals surface area contributed by atoms with Gasteiger partial charge in [-0.15, -0.1) is 0 Å². The highest BCUT2D eigenvalue weighted by molar-refractivity contribution is 5.65. The van der Waals surface area contributed by atoms with Crippen LogP contribution in [0.2, 0.25) is 0 Å². The minimum atomic E-state index is -0.501. The van der Waals surface area contributed by atoms with Crippen molar-refractivity contribution in [3.63, 3.8) is 0 Å². The van der Waals surface area contributed by atoms with E-state index >= 15 is 0 Å². The van der Waals surface area contributed by atoms with Crippen LogP contribution in [0, 0.1) is 10.1 Å². The molecule has 3 N–H and O–H groups in total. The Morgan fingerprint density at radius 2 is 2.31 bits per heavy atom. The van der Waals surface area contributed by atoms with E-state index in [-0.39, 0.29) is 11.4 Å². The van der Waals surface area contributed by atoms with Crippen molar-refractivity contribution in [3.8, 4) is 0 Å². The molecule has 88 valence electrons. The fourth-order valence-electron chi connectivity index (χ4n) is 1.24. The number of nitrogens with zero attached hydrogens (tertiary/aromatic N) is 1. The number of hydrogen-bond acceptors (Lipinski definition) is 5. The maximum atomic E-state index is 10.5. The Kier molecular flexibility index (Phi) is 4.53. The molecule has 0 bridgehead atoms. The zero-order valence-electron chi connectivity index (χ0n) is 9.10. The Bertz CT molecular complexity index is 368. The van der Waals surface area contributed by atoms with Gasteiger partial charge >= 0.3 is 0 Å². The number of nitrogens with two attached hydrogens (primary N) is 1. The van der Waals surface area contributed by atoms with E-state index in [0.717, 1.165) is 5.69 Å². The van der Waals surface area contributed by atoms with Gasteiger partial charge in [0.05, 0.1) is 11.5 Å². The number of hydrogen-bond donors (Lipinski definition) is 2. The molecule has 0 saturated heterocycles. The lowest BCUT2D eigenvalue weighted by atomic mass is 10.2. The summed E-state index contributed by atoms with van der Waals surface area (Å²) in [6.07, 6.45) is 0. The molecule has 0 heterocycles. The number of nitrogens with one attached hydrogen (secondary N) is 1. The van der Waals surface area contributed by atoms with Gasteiger partial charge in [-0.2, -0.15) is 0 Å². The zero-order chi connectivity index (χ0) is 12.0. The molecule has 0 atom stereocenters. The maximum absolute atomic E-state index is 10.5. The van der Waals surface area contributed by atoms with Gasteiger partial charge in [-0.1, -0.05) is 0 Å². The predicted octanol–water partition coefficient (Wildman–Crippen LogP) is 1.63. The van der Waals surface area contributed by atoms with Crippen LogP contribution in [-0.2, 0) is 4.74 Å². The second-order valence-corrected chi connectivity index (χ2v) is 3.15. The van der Waals surface area contributed by atoms with Crippen LogP contribution in [0.5, 0.6) is 0 Å². The number of nitro groups is 1. The molecular weight excluding hydrogens is 210 g/mol. The van der Waals surface area contributed by atoms with Gasteiger partial charge in [-0.25, -0.2) is 0 Å². The molecule has 0 radical (unpaired) electrons. The Balaban J connectivity index is 2.56. The molecule has 16 heavy (non-hydrogen) atoms. The normalized spacial score (nSPS) is 10.1. The molecule has 0 spiro atoms. The van der Waals surface area contributed by atoms with Crippen molar-refractivity contribution in [1.29, 1.82) is 0 Å². The molecule has 0 unspecified atom stereocenters. The van der Waals surface area contributed by atoms with Crippen LogP contribution in [0.25, 0.3) is 0 Å². The Morgan fingerprint density at radius 1 is 1.56 bits per heavy atom. The summed E-state index contributed by atoms with van der Waals surface area (Å²) in [5.74, 6) is 0. The van der Waals surface area contributed by atoms with Crippen LogP contribution in [0.1, 0.15) is 6.92 Å². The third-order valence-corrected chi connectivity index (χ3v) is 2.00. The van der Waals surface area contributed by atoms with E-state index in [2.05, 4.69) is 5.32 Å². The largest absolute Gasteiger partial charge is 0.393 e. The van der Waals surface area contributed by atoms with Crippen molar-refractivity contribution < 1.29 is 9.66 Å². The number of nitro benzene ring substituents is 1. The highest BCUT2D eigenvalue weighted by Gasteiger charge is 2.10. The summed E-state index contributed by atoms with van der Waals surface area (Å²) < 4.78 is 5.15. The van der Waals surface area contributed by atoms with E-state index in [4.69, 9.17) is 10.5 Å². The molecule has 0 aliphatic rings. The molecule has 0 saturated carbocycles. The first-order valence-corrected chi connectivity index (χ1v) is 5.00. The lowest BCUT2D eigenvalue weighted by molar-refractivity contribution is -0.383. The second-order valence-electron chi connectivity index (χ2n) is 3.15. The van der Waals surface area contributed by atoms with E-state index in [1.807, 2.05) is 6.92 Å². The first kappa shape index (κ1) is 12.3. The first-order chi connectivity index (χ1) is 7.65. The summed E-state index contributed by atoms with van der Waals surface area (Å²) >= 11 is 0. The highest BCUT2D eigenvalue weighted by Crippen LogP contribution is 2.24. The van der Waals surface area contributed by atoms with Crippen LogP contribution >= 0.6 is 0 Å². The molecule has 1 aromatic carbocycles. The van der Waals surface area contributed by atoms with Crippen LogP contribution in [0.4, 0.5) is 17.1 Å². The Labute approximate surface area is 93.5 Å². The van der Waals surface area contributed by atoms with Crippen molar-refractivity contribution in [2.45, 2.75) is 6.92 Å². The molecule has 6 heteroatoms. The van der Waals surface area contributed by atoms with Gasteiger partial charge in [0.1, 0.15) is 5.69 Å². The van der Waals surface area contributed by atoms with Crippen LogP contribution in [0.3, 0.4) is 0 Å². The lowest BCUT2D eigenvalue weighted by Gasteiger charge is -2.07. The van der Waals surface area contributed by atoms with Gasteiger partial charge in [0.2, 0.25) is 0 Å². The van der Waals surface area contributed by atoms with Crippen molar-refractivity contribution in [2.75, 3.05) is 30.8 Å². The number of nitrogen functional groups attached to an aromatic ring is 1. The molecule has 1 aromatic rings. The Hall–Kier alpha value is -1.82. The fraction of sp³-hybridized carbons (Fsp3) is 0.400. The van der Waals surface area contributed by atoms with Crippen LogP contribution in [0.15, 0.2) is 18.2 Å². The molecule has 6 nitrogen and oxygen atoms in total. The van der Waals surface area contributed by atoms with Gasteiger partial charge in [0, 0.05) is 24.9 Å². The van der Waals surface area contributed by atoms with Gasteiger partial charge in [-0.05, 0) is 19.1 Å². The van der Waals surface area contributed by atoms with Crippen LogP contribution in [-0.4, -0.2) is 24.7 Å². The van der Waals surface area contributed by atoms with E-state index < -0.39 is 4.92 Å². The summed E-state index contributed by atoms with van der Waals surface area (Å²) in [6.45, 7) is 3.83. The van der Waals surface area contributed by atoms with Crippen molar-refractivity contribution >= 4 is 17.1 Å². The third-order valence-electron chi connectivity index (χ3n) is 2.00. The van der Waals surface area contributed by atoms with Crippen LogP contribution < -0.4 is 11.1 Å². The van der Waals surface area contributed by atoms with E-state index in [1.165, 1.54) is 6.07 Å². The lowest BCUT2D eigenvalue weighted by Crippen LogP contribution is -2.09. The maximum Gasteiger partial charge on any atom is 0.292 e. The number of benzene rings is 1. The molecular formula is C10H15N3O3. The molecule has 1 rings (SSSR count). The summed E-state index contributed by atoms with van der Waals surface area (Å²) in [7, 11) is 0. The quantitative estimate of drug-likeness (QED) is 0.332. The first-order valence-electron chi connectivity index (χ1n) is 5.00. The predicted molar refractivity (Wildman–Crippen MR) is 62.5 cm³/mol. The minimum Gasteiger partial charge on any atom is -0.393 e. The number of ether oxygens (including phenoxy) is 1. The topological polar surface area (TPSA) is 90.4 Å². The summed E-state index contributed by atoms with van der Waals surface area (Å²) in [5, 5.41) is 13.6. The third kappa shape index (κ3) is 3.39. The second kappa shape index (κ2) is 5.92. The standard InChI is InChI=1S/C10H15N3O3/c1-2-16-6-5-12-8-3-4-10(13(14)15)9(11)7-8/h3-4,7,12H,2,5-6,11H2,1H3. The van der Waals surface area contributed by atoms with Crippen molar-refractivity contribution in [1.82, 2.24) is 0 Å². The van der Waals surface area contributed by atoms with Gasteiger partial charge in [0.15, 0.2) is 0 Å². The minimum absolute atomic E-state index is 0.0737. The number of rotatable bonds is 6. The summed E-state index contributed by atoms with van der Waals surface area (Å²) in [4.78, 5) is 10.0.